The van der Waals surface area contributed by atoms with Crippen LogP contribution in [-0.4, -0.2) is 22.8 Å². The van der Waals surface area contributed by atoms with E-state index in [0.29, 0.717) is 17.8 Å². The molecule has 2 rings (SSSR count). The number of aryl methyl sites for hydroxylation is 1. The molecule has 1 aromatic heterocycles. The van der Waals surface area contributed by atoms with Gasteiger partial charge in [-0.1, -0.05) is 0 Å². The number of hydrogen-bond acceptors (Lipinski definition) is 3. The number of carbonyl (C=O) groups excluding carboxylic acids is 1. The standard InChI is InChI=1S/C15H17N3O/c1-11-9-13(16)3-4-14(11)15(19)18(2)10-12-5-7-17-8-6-12/h3-9H,10,16H2,1-2H3. The van der Waals surface area contributed by atoms with Gasteiger partial charge in [-0.3, -0.25) is 9.78 Å². The fraction of sp³-hybridized carbons (Fsp3) is 0.200. The molecule has 0 bridgehead atoms. The zero-order chi connectivity index (χ0) is 13.8. The van der Waals surface area contributed by atoms with Crippen LogP contribution >= 0.6 is 0 Å². The van der Waals surface area contributed by atoms with Gasteiger partial charge in [-0.15, -0.1) is 0 Å². The molecule has 4 heteroatoms. The highest BCUT2D eigenvalue weighted by molar-refractivity contribution is 5.95. The van der Waals surface area contributed by atoms with E-state index in [2.05, 4.69) is 4.98 Å². The van der Waals surface area contributed by atoms with Gasteiger partial charge in [-0.2, -0.15) is 0 Å². The first-order valence-corrected chi connectivity index (χ1v) is 6.08. The second-order valence-corrected chi connectivity index (χ2v) is 4.59. The largest absolute Gasteiger partial charge is 0.399 e. The van der Waals surface area contributed by atoms with Crippen molar-refractivity contribution in [1.29, 1.82) is 0 Å². The van der Waals surface area contributed by atoms with Gasteiger partial charge in [-0.05, 0) is 48.4 Å². The molecule has 0 unspecified atom stereocenters. The molecular formula is C15H17N3O. The molecule has 2 aromatic rings. The molecule has 0 aliphatic heterocycles. The highest BCUT2D eigenvalue weighted by Gasteiger charge is 2.14. The van der Waals surface area contributed by atoms with Crippen molar-refractivity contribution in [3.05, 3.63) is 59.4 Å². The lowest BCUT2D eigenvalue weighted by atomic mass is 10.1. The molecule has 98 valence electrons. The van der Waals surface area contributed by atoms with Crippen molar-refractivity contribution in [2.24, 2.45) is 0 Å². The van der Waals surface area contributed by atoms with Crippen molar-refractivity contribution < 1.29 is 4.79 Å². The van der Waals surface area contributed by atoms with Crippen molar-refractivity contribution in [3.8, 4) is 0 Å². The summed E-state index contributed by atoms with van der Waals surface area (Å²) in [5.41, 5.74) is 9.00. The number of carbonyl (C=O) groups is 1. The molecule has 4 nitrogen and oxygen atoms in total. The van der Waals surface area contributed by atoms with E-state index in [1.165, 1.54) is 0 Å². The first kappa shape index (κ1) is 13.1. The Kier molecular flexibility index (Phi) is 3.80. The number of amides is 1. The van der Waals surface area contributed by atoms with Crippen LogP contribution in [0, 0.1) is 6.92 Å². The molecule has 0 aliphatic rings. The molecule has 0 saturated heterocycles. The van der Waals surface area contributed by atoms with Gasteiger partial charge in [-0.25, -0.2) is 0 Å². The van der Waals surface area contributed by atoms with Crippen molar-refractivity contribution in [3.63, 3.8) is 0 Å². The maximum Gasteiger partial charge on any atom is 0.254 e. The fourth-order valence-corrected chi connectivity index (χ4v) is 1.97. The number of rotatable bonds is 3. The SMILES string of the molecule is Cc1cc(N)ccc1C(=O)N(C)Cc1ccncc1. The summed E-state index contributed by atoms with van der Waals surface area (Å²) in [7, 11) is 1.79. The second-order valence-electron chi connectivity index (χ2n) is 4.59. The third-order valence-corrected chi connectivity index (χ3v) is 3.00. The molecule has 2 N–H and O–H groups in total. The Hall–Kier alpha value is -2.36. The summed E-state index contributed by atoms with van der Waals surface area (Å²) >= 11 is 0. The number of nitrogen functional groups attached to an aromatic ring is 1. The van der Waals surface area contributed by atoms with Gasteiger partial charge in [0.25, 0.3) is 5.91 Å². The number of hydrogen-bond donors (Lipinski definition) is 1. The lowest BCUT2D eigenvalue weighted by Gasteiger charge is -2.18. The van der Waals surface area contributed by atoms with Crippen molar-refractivity contribution in [2.45, 2.75) is 13.5 Å². The van der Waals surface area contributed by atoms with Crippen molar-refractivity contribution in [2.75, 3.05) is 12.8 Å². The molecule has 0 saturated carbocycles. The summed E-state index contributed by atoms with van der Waals surface area (Å²) in [6.07, 6.45) is 3.45. The zero-order valence-corrected chi connectivity index (χ0v) is 11.1. The van der Waals surface area contributed by atoms with Crippen LogP contribution in [0.3, 0.4) is 0 Å². The fourth-order valence-electron chi connectivity index (χ4n) is 1.97. The van der Waals surface area contributed by atoms with Gasteiger partial charge in [0.15, 0.2) is 0 Å². The number of anilines is 1. The number of pyridine rings is 1. The predicted octanol–water partition coefficient (Wildman–Crippen LogP) is 2.24. The molecule has 0 spiro atoms. The molecule has 0 radical (unpaired) electrons. The summed E-state index contributed by atoms with van der Waals surface area (Å²) in [5.74, 6) is -0.00527. The van der Waals surface area contributed by atoms with Crippen molar-refractivity contribution in [1.82, 2.24) is 9.88 Å². The summed E-state index contributed by atoms with van der Waals surface area (Å²) < 4.78 is 0. The minimum absolute atomic E-state index is 0.00527. The molecule has 1 heterocycles. The second kappa shape index (κ2) is 5.52. The molecule has 1 amide bonds. The minimum atomic E-state index is -0.00527. The lowest BCUT2D eigenvalue weighted by molar-refractivity contribution is 0.0784. The number of benzene rings is 1. The van der Waals surface area contributed by atoms with Crippen LogP contribution in [0.2, 0.25) is 0 Å². The topological polar surface area (TPSA) is 59.2 Å². The monoisotopic (exact) mass is 255 g/mol. The van der Waals surface area contributed by atoms with Gasteiger partial charge >= 0.3 is 0 Å². The van der Waals surface area contributed by atoms with E-state index in [-0.39, 0.29) is 5.91 Å². The van der Waals surface area contributed by atoms with Gasteiger partial charge in [0, 0.05) is 37.2 Å². The third-order valence-electron chi connectivity index (χ3n) is 3.00. The molecular weight excluding hydrogens is 238 g/mol. The Balaban J connectivity index is 2.15. The van der Waals surface area contributed by atoms with Crippen molar-refractivity contribution >= 4 is 11.6 Å². The van der Waals surface area contributed by atoms with Crippen LogP contribution < -0.4 is 5.73 Å². The van der Waals surface area contributed by atoms with Gasteiger partial charge < -0.3 is 10.6 Å². The molecule has 19 heavy (non-hydrogen) atoms. The number of nitrogens with zero attached hydrogens (tertiary/aromatic N) is 2. The van der Waals surface area contributed by atoms with E-state index in [4.69, 9.17) is 5.73 Å². The van der Waals surface area contributed by atoms with Crippen LogP contribution in [0.25, 0.3) is 0 Å². The molecule has 1 aromatic carbocycles. The number of nitrogens with two attached hydrogens (primary N) is 1. The Morgan fingerprint density at radius 3 is 2.58 bits per heavy atom. The Bertz CT molecular complexity index is 581. The lowest BCUT2D eigenvalue weighted by Crippen LogP contribution is -2.26. The van der Waals surface area contributed by atoms with E-state index in [1.54, 1.807) is 36.5 Å². The highest BCUT2D eigenvalue weighted by atomic mass is 16.2. The van der Waals surface area contributed by atoms with E-state index < -0.39 is 0 Å². The quantitative estimate of drug-likeness (QED) is 0.856. The van der Waals surface area contributed by atoms with E-state index in [0.717, 1.165) is 11.1 Å². The Morgan fingerprint density at radius 2 is 1.95 bits per heavy atom. The summed E-state index contributed by atoms with van der Waals surface area (Å²) in [6, 6.07) is 9.14. The van der Waals surface area contributed by atoms with E-state index >= 15 is 0 Å². The van der Waals surface area contributed by atoms with E-state index in [1.807, 2.05) is 25.1 Å². The Labute approximate surface area is 112 Å². The average molecular weight is 255 g/mol. The predicted molar refractivity (Wildman–Crippen MR) is 75.6 cm³/mol. The zero-order valence-electron chi connectivity index (χ0n) is 11.1. The normalized spacial score (nSPS) is 10.2. The van der Waals surface area contributed by atoms with Gasteiger partial charge in [0.1, 0.15) is 0 Å². The average Bonchev–Trinajstić information content (AvgIpc) is 2.39. The summed E-state index contributed by atoms with van der Waals surface area (Å²) in [5, 5.41) is 0. The molecule has 0 atom stereocenters. The van der Waals surface area contributed by atoms with Crippen LogP contribution in [0.5, 0.6) is 0 Å². The molecule has 0 aliphatic carbocycles. The van der Waals surface area contributed by atoms with Crippen LogP contribution in [0.15, 0.2) is 42.7 Å². The smallest absolute Gasteiger partial charge is 0.254 e. The van der Waals surface area contributed by atoms with E-state index in [9.17, 15) is 4.79 Å². The number of aromatic nitrogens is 1. The van der Waals surface area contributed by atoms with Gasteiger partial charge in [0.2, 0.25) is 0 Å². The van der Waals surface area contributed by atoms with Crippen LogP contribution in [0.4, 0.5) is 5.69 Å². The minimum Gasteiger partial charge on any atom is -0.399 e. The Morgan fingerprint density at radius 1 is 1.26 bits per heavy atom. The van der Waals surface area contributed by atoms with Gasteiger partial charge in [0.05, 0.1) is 0 Å². The highest BCUT2D eigenvalue weighted by Crippen LogP contribution is 2.15. The first-order chi connectivity index (χ1) is 9.08. The van der Waals surface area contributed by atoms with Crippen LogP contribution in [-0.2, 0) is 6.54 Å². The van der Waals surface area contributed by atoms with Crippen LogP contribution in [0.1, 0.15) is 21.5 Å². The maximum atomic E-state index is 12.4. The maximum absolute atomic E-state index is 12.4. The summed E-state index contributed by atoms with van der Waals surface area (Å²) in [6.45, 7) is 2.45. The summed E-state index contributed by atoms with van der Waals surface area (Å²) in [4.78, 5) is 18.0. The first-order valence-electron chi connectivity index (χ1n) is 6.08. The third kappa shape index (κ3) is 3.10. The molecule has 0 fully saturated rings.